The molecule has 2 aromatic rings. The van der Waals surface area contributed by atoms with Gasteiger partial charge in [0, 0.05) is 24.7 Å². The monoisotopic (exact) mass is 364 g/mol. The summed E-state index contributed by atoms with van der Waals surface area (Å²) < 4.78 is 22.5. The average Bonchev–Trinajstić information content (AvgIpc) is 2.68. The number of rotatable bonds is 5. The molecule has 0 unspecified atom stereocenters. The molecule has 27 heavy (non-hydrogen) atoms. The minimum atomic E-state index is -0.754. The van der Waals surface area contributed by atoms with E-state index < -0.39 is 7.32 Å². The van der Waals surface area contributed by atoms with E-state index in [9.17, 15) is 5.39 Å². The standard InChI is InChI=1S/C19H19BN3O4/c1-19(2)12-25-20(26-13-19)24-11-14-10-17(8-9-18(14)23-21)27-16-6-4-15(22-3)5-7-16/h4-10H,11-13H2,1-2H3/q+1. The van der Waals surface area contributed by atoms with Crippen molar-refractivity contribution in [2.75, 3.05) is 13.2 Å². The summed E-state index contributed by atoms with van der Waals surface area (Å²) in [6.07, 6.45) is 0. The molecule has 8 heteroatoms. The van der Waals surface area contributed by atoms with E-state index in [1.165, 1.54) is 0 Å². The summed E-state index contributed by atoms with van der Waals surface area (Å²) in [5, 5.41) is 9.20. The maximum atomic E-state index is 9.20. The highest BCUT2D eigenvalue weighted by atomic mass is 16.7. The van der Waals surface area contributed by atoms with Gasteiger partial charge in [0.1, 0.15) is 11.5 Å². The highest BCUT2D eigenvalue weighted by Gasteiger charge is 2.34. The number of ether oxygens (including phenoxy) is 1. The van der Waals surface area contributed by atoms with Crippen molar-refractivity contribution in [2.24, 2.45) is 5.41 Å². The van der Waals surface area contributed by atoms with Gasteiger partial charge in [0.05, 0.1) is 18.7 Å². The lowest BCUT2D eigenvalue weighted by atomic mass is 9.93. The smallest absolute Gasteiger partial charge is 0.457 e. The van der Waals surface area contributed by atoms with E-state index in [0.29, 0.717) is 41.7 Å². The Balaban J connectivity index is 1.66. The summed E-state index contributed by atoms with van der Waals surface area (Å²) >= 11 is 0. The molecule has 0 bridgehead atoms. The first-order chi connectivity index (χ1) is 13.0. The fourth-order valence-corrected chi connectivity index (χ4v) is 2.49. The molecule has 1 fully saturated rings. The quantitative estimate of drug-likeness (QED) is 0.420. The Morgan fingerprint density at radius 3 is 2.41 bits per heavy atom. The zero-order valence-electron chi connectivity index (χ0n) is 15.2. The first-order valence-corrected chi connectivity index (χ1v) is 8.47. The number of nitrogens with zero attached hydrogens (tertiary/aromatic N) is 3. The van der Waals surface area contributed by atoms with E-state index >= 15 is 0 Å². The van der Waals surface area contributed by atoms with Crippen LogP contribution in [0.1, 0.15) is 19.4 Å². The molecule has 1 aliphatic rings. The zero-order valence-corrected chi connectivity index (χ0v) is 15.2. The molecule has 0 aromatic heterocycles. The van der Waals surface area contributed by atoms with E-state index in [1.807, 2.05) is 0 Å². The van der Waals surface area contributed by atoms with Crippen LogP contribution in [0.25, 0.3) is 9.82 Å². The van der Waals surface area contributed by atoms with Crippen LogP contribution in [0.3, 0.4) is 0 Å². The first kappa shape index (κ1) is 18.9. The zero-order chi connectivity index (χ0) is 19.3. The van der Waals surface area contributed by atoms with Gasteiger partial charge in [-0.1, -0.05) is 26.0 Å². The predicted octanol–water partition coefficient (Wildman–Crippen LogP) is 5.09. The van der Waals surface area contributed by atoms with Crippen LogP contribution in [0.15, 0.2) is 42.5 Å². The van der Waals surface area contributed by atoms with Gasteiger partial charge in [-0.15, -0.1) is 0 Å². The molecule has 2 aromatic carbocycles. The van der Waals surface area contributed by atoms with Gasteiger partial charge in [-0.25, -0.2) is 4.85 Å². The van der Waals surface area contributed by atoms with Gasteiger partial charge in [0.25, 0.3) is 0 Å². The van der Waals surface area contributed by atoms with Crippen molar-refractivity contribution in [2.45, 2.75) is 20.5 Å². The molecule has 3 rings (SSSR count). The fraction of sp³-hybridized carbons (Fsp3) is 0.316. The van der Waals surface area contributed by atoms with E-state index in [4.69, 9.17) is 25.3 Å². The number of diazo groups is 1. The van der Waals surface area contributed by atoms with Crippen molar-refractivity contribution < 1.29 is 18.7 Å². The number of benzene rings is 2. The summed E-state index contributed by atoms with van der Waals surface area (Å²) in [6.45, 7) is 12.3. The second kappa shape index (κ2) is 8.19. The van der Waals surface area contributed by atoms with Gasteiger partial charge in [0.2, 0.25) is 5.39 Å². The molecule has 0 atom stereocenters. The van der Waals surface area contributed by atoms with Crippen molar-refractivity contribution in [1.82, 2.24) is 0 Å². The van der Waals surface area contributed by atoms with E-state index in [-0.39, 0.29) is 12.0 Å². The molecule has 1 aliphatic heterocycles. The molecular formula is C19H19BN3O4+. The summed E-state index contributed by atoms with van der Waals surface area (Å²) in [5.41, 5.74) is 1.51. The molecule has 0 N–H and O–H groups in total. The van der Waals surface area contributed by atoms with Crippen LogP contribution in [-0.2, 0) is 20.6 Å². The summed E-state index contributed by atoms with van der Waals surface area (Å²) in [7, 11) is -0.754. The minimum absolute atomic E-state index is 0.0397. The highest BCUT2D eigenvalue weighted by Crippen LogP contribution is 2.30. The van der Waals surface area contributed by atoms with Crippen LogP contribution in [0.5, 0.6) is 11.5 Å². The lowest BCUT2D eigenvalue weighted by Crippen LogP contribution is -2.42. The molecule has 0 radical (unpaired) electrons. The van der Waals surface area contributed by atoms with E-state index in [1.54, 1.807) is 42.5 Å². The van der Waals surface area contributed by atoms with Crippen molar-refractivity contribution in [3.63, 3.8) is 0 Å². The predicted molar refractivity (Wildman–Crippen MR) is 100 cm³/mol. The molecule has 136 valence electrons. The van der Waals surface area contributed by atoms with E-state index in [0.717, 1.165) is 0 Å². The fourth-order valence-electron chi connectivity index (χ4n) is 2.49. The second-order valence-electron chi connectivity index (χ2n) is 6.98. The Labute approximate surface area is 158 Å². The van der Waals surface area contributed by atoms with Crippen LogP contribution in [-0.4, -0.2) is 20.5 Å². The lowest BCUT2D eigenvalue weighted by molar-refractivity contribution is -0.0213. The van der Waals surface area contributed by atoms with Gasteiger partial charge in [-0.05, 0) is 24.3 Å². The maximum absolute atomic E-state index is 9.20. The molecule has 1 saturated heterocycles. The highest BCUT2D eigenvalue weighted by molar-refractivity contribution is 6.36. The van der Waals surface area contributed by atoms with Crippen LogP contribution in [0.2, 0.25) is 0 Å². The normalized spacial score (nSPS) is 15.6. The van der Waals surface area contributed by atoms with Gasteiger partial charge < -0.3 is 18.7 Å². The Hall–Kier alpha value is -2.91. The summed E-state index contributed by atoms with van der Waals surface area (Å²) in [6, 6.07) is 11.9. The molecule has 0 amide bonds. The van der Waals surface area contributed by atoms with Crippen molar-refractivity contribution >= 4 is 18.7 Å². The second-order valence-corrected chi connectivity index (χ2v) is 6.98. The Kier molecular flexibility index (Phi) is 5.73. The Morgan fingerprint density at radius 2 is 1.78 bits per heavy atom. The number of hydrogen-bond donors (Lipinski definition) is 0. The van der Waals surface area contributed by atoms with Crippen molar-refractivity contribution in [3.05, 3.63) is 64.4 Å². The average molecular weight is 364 g/mol. The maximum Gasteiger partial charge on any atom is 0.639 e. The minimum Gasteiger partial charge on any atom is -0.457 e. The molecule has 0 aliphatic carbocycles. The SMILES string of the molecule is [C-]#[N+]c1ccc(Oc2ccc([N+]#N)c(COB3OCC(C)(C)CO3)c2)cc1. The molecule has 0 spiro atoms. The largest absolute Gasteiger partial charge is 0.639 e. The number of hydrogen-bond acceptors (Lipinski definition) is 5. The van der Waals surface area contributed by atoms with Crippen LogP contribution in [0, 0.1) is 17.4 Å². The summed E-state index contributed by atoms with van der Waals surface area (Å²) in [4.78, 5) is 6.62. The van der Waals surface area contributed by atoms with Crippen LogP contribution < -0.4 is 4.74 Å². The Bertz CT molecular complexity index is 877. The topological polar surface area (TPSA) is 69.4 Å². The van der Waals surface area contributed by atoms with Crippen LogP contribution in [0.4, 0.5) is 11.4 Å². The van der Waals surface area contributed by atoms with E-state index in [2.05, 4.69) is 23.7 Å². The first-order valence-electron chi connectivity index (χ1n) is 8.47. The summed E-state index contributed by atoms with van der Waals surface area (Å²) in [5.74, 6) is 1.16. The Morgan fingerprint density at radius 1 is 1.11 bits per heavy atom. The van der Waals surface area contributed by atoms with Crippen LogP contribution >= 0.6 is 0 Å². The molecule has 7 nitrogen and oxygen atoms in total. The third kappa shape index (κ3) is 5.05. The third-order valence-corrected chi connectivity index (χ3v) is 3.96. The van der Waals surface area contributed by atoms with Gasteiger partial charge in [-0.3, -0.25) is 0 Å². The molecular weight excluding hydrogens is 345 g/mol. The molecule has 1 heterocycles. The van der Waals surface area contributed by atoms with Gasteiger partial charge in [0.15, 0.2) is 10.7 Å². The molecule has 0 saturated carbocycles. The van der Waals surface area contributed by atoms with Gasteiger partial charge in [-0.2, -0.15) is 0 Å². The van der Waals surface area contributed by atoms with Gasteiger partial charge >= 0.3 is 13.0 Å². The third-order valence-electron chi connectivity index (χ3n) is 3.96. The van der Waals surface area contributed by atoms with Crippen molar-refractivity contribution in [1.29, 1.82) is 5.39 Å². The van der Waals surface area contributed by atoms with Crippen molar-refractivity contribution in [3.8, 4) is 11.5 Å². The lowest BCUT2D eigenvalue weighted by Gasteiger charge is -2.31.